The van der Waals surface area contributed by atoms with Crippen molar-refractivity contribution in [3.8, 4) is 0 Å². The van der Waals surface area contributed by atoms with E-state index in [0.717, 1.165) is 13.1 Å². The second-order valence-corrected chi connectivity index (χ2v) is 7.12. The lowest BCUT2D eigenvalue weighted by Crippen LogP contribution is -2.57. The summed E-state index contributed by atoms with van der Waals surface area (Å²) >= 11 is 0. The third-order valence-electron chi connectivity index (χ3n) is 4.82. The van der Waals surface area contributed by atoms with Gasteiger partial charge in [-0.3, -0.25) is 4.90 Å². The highest BCUT2D eigenvalue weighted by Crippen LogP contribution is 2.16. The van der Waals surface area contributed by atoms with Crippen LogP contribution in [0.5, 0.6) is 0 Å². The van der Waals surface area contributed by atoms with Crippen molar-refractivity contribution in [3.63, 3.8) is 0 Å². The molecule has 0 atom stereocenters. The third-order valence-corrected chi connectivity index (χ3v) is 4.82. The maximum absolute atomic E-state index is 3.64. The van der Waals surface area contributed by atoms with Crippen molar-refractivity contribution in [2.24, 2.45) is 0 Å². The molecule has 3 nitrogen and oxygen atoms in total. The van der Waals surface area contributed by atoms with Gasteiger partial charge in [-0.05, 0) is 51.4 Å². The van der Waals surface area contributed by atoms with E-state index in [1.807, 2.05) is 0 Å². The number of nitrogens with zero attached hydrogens (tertiary/aromatic N) is 2. The van der Waals surface area contributed by atoms with Crippen molar-refractivity contribution in [1.82, 2.24) is 15.1 Å². The summed E-state index contributed by atoms with van der Waals surface area (Å²) < 4.78 is 0. The first kappa shape index (κ1) is 16.5. The molecule has 21 heavy (non-hydrogen) atoms. The van der Waals surface area contributed by atoms with Gasteiger partial charge in [0.25, 0.3) is 0 Å². The second kappa shape index (κ2) is 6.91. The third kappa shape index (κ3) is 4.53. The highest BCUT2D eigenvalue weighted by Gasteiger charge is 2.28. The Balaban J connectivity index is 1.82. The van der Waals surface area contributed by atoms with E-state index in [-0.39, 0.29) is 5.54 Å². The van der Waals surface area contributed by atoms with Gasteiger partial charge in [-0.1, -0.05) is 18.2 Å². The molecule has 3 heteroatoms. The smallest absolute Gasteiger partial charge is 0.0278 e. The van der Waals surface area contributed by atoms with Crippen LogP contribution in [0.15, 0.2) is 18.2 Å². The summed E-state index contributed by atoms with van der Waals surface area (Å²) in [5.74, 6) is 0. The van der Waals surface area contributed by atoms with E-state index in [1.165, 1.54) is 42.9 Å². The normalized spacial score (nSPS) is 18.1. The molecule has 0 aromatic heterocycles. The summed E-state index contributed by atoms with van der Waals surface area (Å²) in [5.41, 5.74) is 4.36. The van der Waals surface area contributed by atoms with Gasteiger partial charge in [0.15, 0.2) is 0 Å². The predicted octanol–water partition coefficient (Wildman–Crippen LogP) is 2.42. The maximum Gasteiger partial charge on any atom is 0.0278 e. The molecule has 0 bridgehead atoms. The van der Waals surface area contributed by atoms with E-state index < -0.39 is 0 Å². The van der Waals surface area contributed by atoms with Gasteiger partial charge in [0.1, 0.15) is 0 Å². The number of hydrogen-bond acceptors (Lipinski definition) is 3. The number of nitrogens with one attached hydrogen (secondary N) is 1. The Morgan fingerprint density at radius 1 is 1.05 bits per heavy atom. The lowest BCUT2D eigenvalue weighted by Gasteiger charge is -2.43. The molecule has 1 aromatic carbocycles. The van der Waals surface area contributed by atoms with E-state index in [4.69, 9.17) is 0 Å². The molecule has 0 unspecified atom stereocenters. The molecule has 1 aromatic rings. The first-order valence-corrected chi connectivity index (χ1v) is 8.09. The molecule has 1 heterocycles. The molecule has 0 amide bonds. The molecular weight excluding hydrogens is 258 g/mol. The van der Waals surface area contributed by atoms with Crippen molar-refractivity contribution in [3.05, 3.63) is 34.9 Å². The molecule has 1 saturated heterocycles. The van der Waals surface area contributed by atoms with Gasteiger partial charge in [0.05, 0.1) is 0 Å². The molecule has 118 valence electrons. The first-order chi connectivity index (χ1) is 9.88. The van der Waals surface area contributed by atoms with Crippen molar-refractivity contribution < 1.29 is 0 Å². The summed E-state index contributed by atoms with van der Waals surface area (Å²) in [6, 6.07) is 6.75. The maximum atomic E-state index is 3.64. The quantitative estimate of drug-likeness (QED) is 0.898. The zero-order valence-corrected chi connectivity index (χ0v) is 14.4. The molecule has 1 aliphatic rings. The Kier molecular flexibility index (Phi) is 5.42. The van der Waals surface area contributed by atoms with E-state index in [2.05, 4.69) is 68.1 Å². The summed E-state index contributed by atoms with van der Waals surface area (Å²) in [5, 5.41) is 3.64. The molecule has 0 spiro atoms. The Labute approximate surface area is 130 Å². The molecular formula is C18H31N3. The van der Waals surface area contributed by atoms with Crippen LogP contribution in [0.2, 0.25) is 0 Å². The van der Waals surface area contributed by atoms with Crippen LogP contribution in [-0.4, -0.2) is 55.1 Å². The van der Waals surface area contributed by atoms with Gasteiger partial charge in [0, 0.05) is 44.8 Å². The number of aryl methyl sites for hydroxylation is 2. The largest absolute Gasteiger partial charge is 0.311 e. The lowest BCUT2D eigenvalue weighted by molar-refractivity contribution is 0.0618. The molecule has 1 fully saturated rings. The molecule has 1 aliphatic heterocycles. The topological polar surface area (TPSA) is 18.5 Å². The van der Waals surface area contributed by atoms with Gasteiger partial charge >= 0.3 is 0 Å². The zero-order chi connectivity index (χ0) is 15.5. The van der Waals surface area contributed by atoms with Crippen LogP contribution in [0, 0.1) is 13.8 Å². The average molecular weight is 289 g/mol. The number of piperazine rings is 1. The average Bonchev–Trinajstić information content (AvgIpc) is 2.43. The fraction of sp³-hybridized carbons (Fsp3) is 0.667. The fourth-order valence-corrected chi connectivity index (χ4v) is 2.95. The van der Waals surface area contributed by atoms with Crippen LogP contribution < -0.4 is 5.32 Å². The minimum atomic E-state index is 0.223. The van der Waals surface area contributed by atoms with E-state index in [0.29, 0.717) is 0 Å². The van der Waals surface area contributed by atoms with Crippen LogP contribution in [0.3, 0.4) is 0 Å². The van der Waals surface area contributed by atoms with E-state index >= 15 is 0 Å². The van der Waals surface area contributed by atoms with Crippen molar-refractivity contribution >= 4 is 0 Å². The molecule has 0 radical (unpaired) electrons. The minimum absolute atomic E-state index is 0.223. The molecule has 0 saturated carbocycles. The van der Waals surface area contributed by atoms with Crippen LogP contribution in [0.25, 0.3) is 0 Å². The monoisotopic (exact) mass is 289 g/mol. The highest BCUT2D eigenvalue weighted by molar-refractivity contribution is 5.29. The summed E-state index contributed by atoms with van der Waals surface area (Å²) in [6.07, 6.45) is 0. The van der Waals surface area contributed by atoms with Gasteiger partial charge in [-0.2, -0.15) is 0 Å². The van der Waals surface area contributed by atoms with Crippen molar-refractivity contribution in [2.75, 3.05) is 39.8 Å². The van der Waals surface area contributed by atoms with Crippen LogP contribution >= 0.6 is 0 Å². The Morgan fingerprint density at radius 3 is 2.33 bits per heavy atom. The summed E-state index contributed by atoms with van der Waals surface area (Å²) in [6.45, 7) is 15.8. The Morgan fingerprint density at radius 2 is 1.71 bits per heavy atom. The van der Waals surface area contributed by atoms with Gasteiger partial charge in [-0.15, -0.1) is 0 Å². The molecule has 0 aliphatic carbocycles. The zero-order valence-electron chi connectivity index (χ0n) is 14.4. The first-order valence-electron chi connectivity index (χ1n) is 8.09. The fourth-order valence-electron chi connectivity index (χ4n) is 2.95. The van der Waals surface area contributed by atoms with Crippen LogP contribution in [0.1, 0.15) is 30.5 Å². The standard InChI is InChI=1S/C18H31N3/c1-15-6-7-17(12-16(15)2)13-19-14-18(3,4)21-10-8-20(5)9-11-21/h6-7,12,19H,8-11,13-14H2,1-5H3. The highest BCUT2D eigenvalue weighted by atomic mass is 15.3. The number of hydrogen-bond donors (Lipinski definition) is 1. The minimum Gasteiger partial charge on any atom is -0.311 e. The second-order valence-electron chi connectivity index (χ2n) is 7.12. The van der Waals surface area contributed by atoms with Gasteiger partial charge in [0.2, 0.25) is 0 Å². The van der Waals surface area contributed by atoms with Gasteiger partial charge in [-0.25, -0.2) is 0 Å². The molecule has 1 N–H and O–H groups in total. The number of benzene rings is 1. The van der Waals surface area contributed by atoms with Crippen molar-refractivity contribution in [1.29, 1.82) is 0 Å². The molecule has 2 rings (SSSR count). The van der Waals surface area contributed by atoms with Crippen molar-refractivity contribution in [2.45, 2.75) is 39.8 Å². The Hall–Kier alpha value is -0.900. The summed E-state index contributed by atoms with van der Waals surface area (Å²) in [7, 11) is 2.21. The van der Waals surface area contributed by atoms with Gasteiger partial charge < -0.3 is 10.2 Å². The Bertz CT molecular complexity index is 460. The van der Waals surface area contributed by atoms with E-state index in [1.54, 1.807) is 0 Å². The summed E-state index contributed by atoms with van der Waals surface area (Å²) in [4.78, 5) is 5.02. The number of likely N-dealkylation sites (N-methyl/N-ethyl adjacent to an activating group) is 1. The van der Waals surface area contributed by atoms with Crippen LogP contribution in [0.4, 0.5) is 0 Å². The number of rotatable bonds is 5. The van der Waals surface area contributed by atoms with Crippen LogP contribution in [-0.2, 0) is 6.54 Å². The predicted molar refractivity (Wildman–Crippen MR) is 90.8 cm³/mol. The van der Waals surface area contributed by atoms with E-state index in [9.17, 15) is 0 Å². The lowest BCUT2D eigenvalue weighted by atomic mass is 10.0. The SMILES string of the molecule is Cc1ccc(CNCC(C)(C)N2CCN(C)CC2)cc1C.